The molecule has 2 aliphatic carbocycles. The van der Waals surface area contributed by atoms with E-state index in [0.29, 0.717) is 28.2 Å². The summed E-state index contributed by atoms with van der Waals surface area (Å²) in [5.41, 5.74) is 1.41. The number of fused-ring (bicyclic) bond motifs is 1. The summed E-state index contributed by atoms with van der Waals surface area (Å²) in [4.78, 5) is 23.5. The summed E-state index contributed by atoms with van der Waals surface area (Å²) in [6.07, 6.45) is 6.07. The number of amides is 1. The predicted molar refractivity (Wildman–Crippen MR) is 92.1 cm³/mol. The third-order valence-electron chi connectivity index (χ3n) is 5.37. The molecule has 0 aromatic carbocycles. The molecule has 1 amide bonds. The molecule has 2 fully saturated rings. The summed E-state index contributed by atoms with van der Waals surface area (Å²) in [6.45, 7) is 6.98. The van der Waals surface area contributed by atoms with Crippen LogP contribution in [0.2, 0.25) is 0 Å². The van der Waals surface area contributed by atoms with Crippen molar-refractivity contribution in [2.24, 2.45) is 5.41 Å². The summed E-state index contributed by atoms with van der Waals surface area (Å²) in [7, 11) is 1.86. The number of aromatic nitrogens is 2. The number of nitrogens with zero attached hydrogens (tertiary/aromatic N) is 3. The molecular weight excluding hydrogens is 304 g/mol. The standard InChI is InChI=1S/C18H24N4O2/c1-11-12(16(23)22(4)9-17(2)5-6-17)13-14(21-18(3)7-8-18)19-10-20-15(13)24-11/h10H,5-9H2,1-4H3,(H,19,20,21). The lowest BCUT2D eigenvalue weighted by molar-refractivity contribution is 0.0769. The normalized spacial score (nSPS) is 20.0. The van der Waals surface area contributed by atoms with Crippen LogP contribution in [0.3, 0.4) is 0 Å². The van der Waals surface area contributed by atoms with Crippen LogP contribution in [0.4, 0.5) is 5.82 Å². The number of furan rings is 1. The Kier molecular flexibility index (Phi) is 3.18. The highest BCUT2D eigenvalue weighted by molar-refractivity contribution is 6.10. The van der Waals surface area contributed by atoms with Gasteiger partial charge in [-0.05, 0) is 44.9 Å². The van der Waals surface area contributed by atoms with Gasteiger partial charge in [-0.25, -0.2) is 9.97 Å². The molecule has 0 unspecified atom stereocenters. The van der Waals surface area contributed by atoms with Crippen molar-refractivity contribution in [1.29, 1.82) is 0 Å². The first-order valence-electron chi connectivity index (χ1n) is 8.58. The zero-order valence-corrected chi connectivity index (χ0v) is 14.8. The van der Waals surface area contributed by atoms with E-state index in [4.69, 9.17) is 4.42 Å². The molecule has 2 aliphatic rings. The van der Waals surface area contributed by atoms with Gasteiger partial charge in [-0.2, -0.15) is 0 Å². The number of carbonyl (C=O) groups excluding carboxylic acids is 1. The second-order valence-electron chi connectivity index (χ2n) is 8.09. The predicted octanol–water partition coefficient (Wildman–Crippen LogP) is 3.37. The van der Waals surface area contributed by atoms with Gasteiger partial charge in [0.25, 0.3) is 5.91 Å². The highest BCUT2D eigenvalue weighted by Gasteiger charge is 2.41. The lowest BCUT2D eigenvalue weighted by Gasteiger charge is -2.21. The maximum Gasteiger partial charge on any atom is 0.257 e. The molecule has 0 saturated heterocycles. The van der Waals surface area contributed by atoms with Gasteiger partial charge in [0.05, 0.1) is 10.9 Å². The monoisotopic (exact) mass is 328 g/mol. The molecule has 24 heavy (non-hydrogen) atoms. The van der Waals surface area contributed by atoms with Crippen LogP contribution in [0.15, 0.2) is 10.7 Å². The van der Waals surface area contributed by atoms with Crippen molar-refractivity contribution in [3.05, 3.63) is 17.7 Å². The number of rotatable bonds is 5. The minimum absolute atomic E-state index is 0.0156. The quantitative estimate of drug-likeness (QED) is 0.911. The number of carbonyl (C=O) groups is 1. The minimum atomic E-state index is -0.0156. The SMILES string of the molecule is Cc1oc2ncnc(NC3(C)CC3)c2c1C(=O)N(C)CC1(C)CC1. The van der Waals surface area contributed by atoms with Gasteiger partial charge in [0, 0.05) is 19.1 Å². The van der Waals surface area contributed by atoms with E-state index in [0.717, 1.165) is 19.4 Å². The Labute approximate surface area is 141 Å². The van der Waals surface area contributed by atoms with E-state index in [1.54, 1.807) is 4.90 Å². The van der Waals surface area contributed by atoms with Crippen molar-refractivity contribution in [3.8, 4) is 0 Å². The lowest BCUT2D eigenvalue weighted by Crippen LogP contribution is -2.32. The molecule has 6 nitrogen and oxygen atoms in total. The van der Waals surface area contributed by atoms with Crippen LogP contribution in [0.5, 0.6) is 0 Å². The lowest BCUT2D eigenvalue weighted by atomic mass is 10.1. The first-order chi connectivity index (χ1) is 11.3. The van der Waals surface area contributed by atoms with Gasteiger partial charge in [0.1, 0.15) is 17.9 Å². The van der Waals surface area contributed by atoms with Crippen LogP contribution in [-0.4, -0.2) is 39.9 Å². The van der Waals surface area contributed by atoms with Crippen molar-refractivity contribution in [2.75, 3.05) is 18.9 Å². The summed E-state index contributed by atoms with van der Waals surface area (Å²) in [6, 6.07) is 0. The molecular formula is C18H24N4O2. The Morgan fingerprint density at radius 3 is 2.62 bits per heavy atom. The topological polar surface area (TPSA) is 71.3 Å². The fourth-order valence-electron chi connectivity index (χ4n) is 3.20. The molecule has 4 rings (SSSR count). The Hall–Kier alpha value is -2.11. The van der Waals surface area contributed by atoms with Crippen LogP contribution in [0.25, 0.3) is 11.1 Å². The second kappa shape index (κ2) is 4.94. The van der Waals surface area contributed by atoms with E-state index in [-0.39, 0.29) is 16.9 Å². The van der Waals surface area contributed by atoms with E-state index in [9.17, 15) is 4.79 Å². The Morgan fingerprint density at radius 2 is 2.00 bits per heavy atom. The van der Waals surface area contributed by atoms with Crippen molar-refractivity contribution in [3.63, 3.8) is 0 Å². The van der Waals surface area contributed by atoms with Gasteiger partial charge >= 0.3 is 0 Å². The maximum absolute atomic E-state index is 13.1. The smallest absolute Gasteiger partial charge is 0.257 e. The van der Waals surface area contributed by atoms with Gasteiger partial charge in [-0.15, -0.1) is 0 Å². The summed E-state index contributed by atoms with van der Waals surface area (Å²) < 4.78 is 5.75. The van der Waals surface area contributed by atoms with Crippen LogP contribution < -0.4 is 5.32 Å². The molecule has 2 heterocycles. The fraction of sp³-hybridized carbons (Fsp3) is 0.611. The number of hydrogen-bond donors (Lipinski definition) is 1. The van der Waals surface area contributed by atoms with Gasteiger partial charge in [-0.3, -0.25) is 4.79 Å². The zero-order valence-electron chi connectivity index (χ0n) is 14.8. The fourth-order valence-corrected chi connectivity index (χ4v) is 3.20. The molecule has 128 valence electrons. The largest absolute Gasteiger partial charge is 0.442 e. The molecule has 6 heteroatoms. The highest BCUT2D eigenvalue weighted by Crippen LogP contribution is 2.46. The maximum atomic E-state index is 13.1. The average Bonchev–Trinajstić information content (AvgIpc) is 3.39. The molecule has 0 aliphatic heterocycles. The van der Waals surface area contributed by atoms with E-state index in [1.165, 1.54) is 19.2 Å². The van der Waals surface area contributed by atoms with E-state index < -0.39 is 0 Å². The van der Waals surface area contributed by atoms with Crippen LogP contribution >= 0.6 is 0 Å². The van der Waals surface area contributed by atoms with Crippen molar-refractivity contribution in [2.45, 2.75) is 52.0 Å². The number of aryl methyl sites for hydroxylation is 1. The molecule has 1 N–H and O–H groups in total. The second-order valence-corrected chi connectivity index (χ2v) is 8.09. The Balaban J connectivity index is 1.73. The van der Waals surface area contributed by atoms with E-state index >= 15 is 0 Å². The number of anilines is 1. The van der Waals surface area contributed by atoms with Crippen LogP contribution in [0, 0.1) is 12.3 Å². The number of hydrogen-bond acceptors (Lipinski definition) is 5. The molecule has 0 bridgehead atoms. The third-order valence-corrected chi connectivity index (χ3v) is 5.37. The third kappa shape index (κ3) is 2.64. The average molecular weight is 328 g/mol. The molecule has 2 aromatic rings. The van der Waals surface area contributed by atoms with Crippen molar-refractivity contribution < 1.29 is 9.21 Å². The molecule has 0 radical (unpaired) electrons. The summed E-state index contributed by atoms with van der Waals surface area (Å²) in [5.74, 6) is 1.29. The minimum Gasteiger partial charge on any atom is -0.442 e. The molecule has 2 aromatic heterocycles. The highest BCUT2D eigenvalue weighted by atomic mass is 16.3. The van der Waals surface area contributed by atoms with Crippen LogP contribution in [0.1, 0.15) is 55.6 Å². The number of nitrogens with one attached hydrogen (secondary N) is 1. The van der Waals surface area contributed by atoms with Crippen LogP contribution in [-0.2, 0) is 0 Å². The Bertz CT molecular complexity index is 818. The molecule has 0 atom stereocenters. The summed E-state index contributed by atoms with van der Waals surface area (Å²) >= 11 is 0. The first kappa shape index (κ1) is 15.4. The van der Waals surface area contributed by atoms with Gasteiger partial charge in [-0.1, -0.05) is 6.92 Å². The zero-order chi connectivity index (χ0) is 17.1. The Morgan fingerprint density at radius 1 is 1.29 bits per heavy atom. The molecule has 0 spiro atoms. The van der Waals surface area contributed by atoms with Gasteiger partial charge in [0.15, 0.2) is 0 Å². The molecule has 2 saturated carbocycles. The van der Waals surface area contributed by atoms with Crippen molar-refractivity contribution in [1.82, 2.24) is 14.9 Å². The first-order valence-corrected chi connectivity index (χ1v) is 8.58. The van der Waals surface area contributed by atoms with E-state index in [1.807, 2.05) is 14.0 Å². The van der Waals surface area contributed by atoms with Crippen molar-refractivity contribution >= 4 is 22.8 Å². The summed E-state index contributed by atoms with van der Waals surface area (Å²) in [5, 5.41) is 4.17. The van der Waals surface area contributed by atoms with E-state index in [2.05, 4.69) is 29.1 Å². The van der Waals surface area contributed by atoms with Gasteiger partial charge < -0.3 is 14.6 Å². The van der Waals surface area contributed by atoms with Gasteiger partial charge in [0.2, 0.25) is 5.71 Å².